The van der Waals surface area contributed by atoms with E-state index in [1.54, 1.807) is 12.1 Å². The molecule has 0 N–H and O–H groups in total. The summed E-state index contributed by atoms with van der Waals surface area (Å²) in [5, 5.41) is 0. The molecule has 0 radical (unpaired) electrons. The van der Waals surface area contributed by atoms with Crippen LogP contribution >= 0.6 is 0 Å². The van der Waals surface area contributed by atoms with Crippen molar-refractivity contribution in [2.75, 3.05) is 0 Å². The van der Waals surface area contributed by atoms with Crippen LogP contribution in [0.5, 0.6) is 5.75 Å². The minimum Gasteiger partial charge on any atom is -0.486 e. The van der Waals surface area contributed by atoms with Gasteiger partial charge in [0.05, 0.1) is 6.10 Å². The van der Waals surface area contributed by atoms with Crippen molar-refractivity contribution in [2.24, 2.45) is 0 Å². The van der Waals surface area contributed by atoms with E-state index in [2.05, 4.69) is 4.98 Å². The SMILES string of the molecule is Fc1ncccc1OC1CCCC1. The van der Waals surface area contributed by atoms with Crippen LogP contribution in [-0.4, -0.2) is 11.1 Å². The van der Waals surface area contributed by atoms with Crippen LogP contribution in [0.15, 0.2) is 18.3 Å². The molecule has 0 atom stereocenters. The second kappa shape index (κ2) is 3.73. The molecule has 2 rings (SSSR count). The van der Waals surface area contributed by atoms with Crippen LogP contribution in [0.2, 0.25) is 0 Å². The summed E-state index contributed by atoms with van der Waals surface area (Å²) < 4.78 is 18.5. The van der Waals surface area contributed by atoms with E-state index >= 15 is 0 Å². The highest BCUT2D eigenvalue weighted by atomic mass is 19.1. The molecule has 0 spiro atoms. The van der Waals surface area contributed by atoms with Crippen LogP contribution in [0.4, 0.5) is 4.39 Å². The van der Waals surface area contributed by atoms with Gasteiger partial charge in [0.15, 0.2) is 5.75 Å². The smallest absolute Gasteiger partial charge is 0.255 e. The molecule has 0 unspecified atom stereocenters. The van der Waals surface area contributed by atoms with Gasteiger partial charge in [-0.2, -0.15) is 4.39 Å². The van der Waals surface area contributed by atoms with Crippen LogP contribution in [-0.2, 0) is 0 Å². The molecular formula is C10H12FNO. The number of pyridine rings is 1. The van der Waals surface area contributed by atoms with Gasteiger partial charge in [-0.05, 0) is 37.8 Å². The molecule has 1 fully saturated rings. The molecule has 2 nitrogen and oxygen atoms in total. The van der Waals surface area contributed by atoms with Crippen LogP contribution in [0.3, 0.4) is 0 Å². The number of aromatic nitrogens is 1. The summed E-state index contributed by atoms with van der Waals surface area (Å²) in [5.41, 5.74) is 0. The summed E-state index contributed by atoms with van der Waals surface area (Å²) in [6.07, 6.45) is 6.07. The Bertz CT molecular complexity index is 284. The molecule has 0 aliphatic heterocycles. The van der Waals surface area contributed by atoms with E-state index in [9.17, 15) is 4.39 Å². The van der Waals surface area contributed by atoms with Gasteiger partial charge in [0, 0.05) is 6.20 Å². The third-order valence-electron chi connectivity index (χ3n) is 2.32. The fourth-order valence-electron chi connectivity index (χ4n) is 1.64. The molecule has 1 aliphatic rings. The van der Waals surface area contributed by atoms with Crippen LogP contribution in [0, 0.1) is 5.95 Å². The maximum atomic E-state index is 13.0. The predicted molar refractivity (Wildman–Crippen MR) is 47.1 cm³/mol. The molecule has 1 aliphatic carbocycles. The van der Waals surface area contributed by atoms with Gasteiger partial charge in [0.2, 0.25) is 0 Å². The van der Waals surface area contributed by atoms with Crippen molar-refractivity contribution in [3.63, 3.8) is 0 Å². The van der Waals surface area contributed by atoms with E-state index in [-0.39, 0.29) is 11.9 Å². The van der Waals surface area contributed by atoms with Crippen molar-refractivity contribution < 1.29 is 9.13 Å². The average Bonchev–Trinajstić information content (AvgIpc) is 2.61. The van der Waals surface area contributed by atoms with E-state index in [1.807, 2.05) is 0 Å². The second-order valence-corrected chi connectivity index (χ2v) is 3.32. The summed E-state index contributed by atoms with van der Waals surface area (Å²) in [4.78, 5) is 3.53. The maximum Gasteiger partial charge on any atom is 0.255 e. The molecule has 0 saturated heterocycles. The fraction of sp³-hybridized carbons (Fsp3) is 0.500. The van der Waals surface area contributed by atoms with E-state index in [4.69, 9.17) is 4.74 Å². The molecular weight excluding hydrogens is 169 g/mol. The normalized spacial score (nSPS) is 17.6. The van der Waals surface area contributed by atoms with Crippen molar-refractivity contribution >= 4 is 0 Å². The fourth-order valence-corrected chi connectivity index (χ4v) is 1.64. The number of nitrogens with zero attached hydrogens (tertiary/aromatic N) is 1. The average molecular weight is 181 g/mol. The Hall–Kier alpha value is -1.12. The Morgan fingerprint density at radius 3 is 2.85 bits per heavy atom. The van der Waals surface area contributed by atoms with Gasteiger partial charge in [0.1, 0.15) is 0 Å². The molecule has 13 heavy (non-hydrogen) atoms. The first-order valence-corrected chi connectivity index (χ1v) is 4.63. The van der Waals surface area contributed by atoms with Gasteiger partial charge >= 0.3 is 0 Å². The quantitative estimate of drug-likeness (QED) is 0.654. The molecule has 1 saturated carbocycles. The minimum absolute atomic E-state index is 0.193. The van der Waals surface area contributed by atoms with E-state index in [0.717, 1.165) is 12.8 Å². The van der Waals surface area contributed by atoms with Crippen molar-refractivity contribution in [3.05, 3.63) is 24.3 Å². The summed E-state index contributed by atoms with van der Waals surface area (Å²) in [5.74, 6) is -0.219. The first-order chi connectivity index (χ1) is 6.36. The Morgan fingerprint density at radius 1 is 1.38 bits per heavy atom. The Kier molecular flexibility index (Phi) is 2.43. The summed E-state index contributed by atoms with van der Waals surface area (Å²) in [6, 6.07) is 3.31. The van der Waals surface area contributed by atoms with Gasteiger partial charge in [0.25, 0.3) is 5.95 Å². The monoisotopic (exact) mass is 181 g/mol. The lowest BCUT2D eigenvalue weighted by Gasteiger charge is -2.12. The van der Waals surface area contributed by atoms with Crippen molar-refractivity contribution in [1.29, 1.82) is 0 Å². The van der Waals surface area contributed by atoms with Crippen LogP contribution in [0.25, 0.3) is 0 Å². The van der Waals surface area contributed by atoms with Crippen molar-refractivity contribution in [3.8, 4) is 5.75 Å². The maximum absolute atomic E-state index is 13.0. The van der Waals surface area contributed by atoms with Gasteiger partial charge in [-0.15, -0.1) is 0 Å². The second-order valence-electron chi connectivity index (χ2n) is 3.32. The molecule has 0 amide bonds. The number of ether oxygens (including phenoxy) is 1. The highest BCUT2D eigenvalue weighted by Crippen LogP contribution is 2.24. The van der Waals surface area contributed by atoms with Gasteiger partial charge in [-0.1, -0.05) is 0 Å². The van der Waals surface area contributed by atoms with E-state index in [0.29, 0.717) is 0 Å². The lowest BCUT2D eigenvalue weighted by molar-refractivity contribution is 0.198. The minimum atomic E-state index is -0.505. The Labute approximate surface area is 76.7 Å². The lowest BCUT2D eigenvalue weighted by atomic mass is 10.3. The molecule has 1 aromatic heterocycles. The summed E-state index contributed by atoms with van der Waals surface area (Å²) in [7, 11) is 0. The van der Waals surface area contributed by atoms with Crippen LogP contribution < -0.4 is 4.74 Å². The number of halogens is 1. The topological polar surface area (TPSA) is 22.1 Å². The van der Waals surface area contributed by atoms with Crippen LogP contribution in [0.1, 0.15) is 25.7 Å². The van der Waals surface area contributed by atoms with Crippen molar-refractivity contribution in [2.45, 2.75) is 31.8 Å². The predicted octanol–water partition coefficient (Wildman–Crippen LogP) is 2.54. The highest BCUT2D eigenvalue weighted by molar-refractivity contribution is 5.18. The zero-order valence-corrected chi connectivity index (χ0v) is 7.37. The van der Waals surface area contributed by atoms with E-state index in [1.165, 1.54) is 19.0 Å². The summed E-state index contributed by atoms with van der Waals surface area (Å²) in [6.45, 7) is 0. The first kappa shape index (κ1) is 8.48. The molecule has 3 heteroatoms. The van der Waals surface area contributed by atoms with E-state index < -0.39 is 5.95 Å². The largest absolute Gasteiger partial charge is 0.486 e. The molecule has 70 valence electrons. The van der Waals surface area contributed by atoms with Crippen molar-refractivity contribution in [1.82, 2.24) is 4.98 Å². The summed E-state index contributed by atoms with van der Waals surface area (Å²) >= 11 is 0. The third kappa shape index (κ3) is 1.97. The number of hydrogen-bond acceptors (Lipinski definition) is 2. The van der Waals surface area contributed by atoms with Gasteiger partial charge in [-0.3, -0.25) is 0 Å². The van der Waals surface area contributed by atoms with Gasteiger partial charge in [-0.25, -0.2) is 4.98 Å². The zero-order valence-electron chi connectivity index (χ0n) is 7.37. The molecule has 1 heterocycles. The molecule has 0 aromatic carbocycles. The Morgan fingerprint density at radius 2 is 2.15 bits per heavy atom. The highest BCUT2D eigenvalue weighted by Gasteiger charge is 2.17. The lowest BCUT2D eigenvalue weighted by Crippen LogP contribution is -2.12. The zero-order chi connectivity index (χ0) is 9.10. The first-order valence-electron chi connectivity index (χ1n) is 4.63. The molecule has 1 aromatic rings. The van der Waals surface area contributed by atoms with Gasteiger partial charge < -0.3 is 4.74 Å². The Balaban J connectivity index is 2.04. The third-order valence-corrected chi connectivity index (χ3v) is 2.32. The number of hydrogen-bond donors (Lipinski definition) is 0. The number of rotatable bonds is 2. The molecule has 0 bridgehead atoms. The standard InChI is InChI=1S/C10H12FNO/c11-10-9(6-3-7-12-10)13-8-4-1-2-5-8/h3,6-8H,1-2,4-5H2.